The second-order valence-corrected chi connectivity index (χ2v) is 5.28. The number of nitrogens with zero attached hydrogens (tertiary/aromatic N) is 2. The van der Waals surface area contributed by atoms with Crippen molar-refractivity contribution in [3.63, 3.8) is 0 Å². The summed E-state index contributed by atoms with van der Waals surface area (Å²) in [6.07, 6.45) is 4.12. The molecule has 2 N–H and O–H groups in total. The molecule has 3 rings (SSSR count). The zero-order valence-corrected chi connectivity index (χ0v) is 12.6. The van der Waals surface area contributed by atoms with Crippen molar-refractivity contribution in [3.05, 3.63) is 48.7 Å². The molecule has 0 aliphatic carbocycles. The number of hydrogen-bond acceptors (Lipinski definition) is 4. The van der Waals surface area contributed by atoms with E-state index in [4.69, 9.17) is 4.42 Å². The molecular weight excluding hydrogens is 296 g/mol. The molecule has 7 nitrogen and oxygen atoms in total. The first-order chi connectivity index (χ1) is 11.2. The molecule has 0 spiro atoms. The number of amides is 3. The fourth-order valence-electron chi connectivity index (χ4n) is 2.55. The zero-order valence-electron chi connectivity index (χ0n) is 12.6. The average Bonchev–Trinajstić information content (AvgIpc) is 3.19. The standard InChI is InChI=1S/C16H18N4O3/c21-15-14(7-9-20(15)12-4-2-1-3-5-12)19-16(22)18-8-6-13-10-17-11-23-13/h1-5,10-11,14H,6-9H2,(H2,18,19,22). The largest absolute Gasteiger partial charge is 0.448 e. The van der Waals surface area contributed by atoms with Crippen molar-refractivity contribution in [2.45, 2.75) is 18.9 Å². The number of rotatable bonds is 5. The van der Waals surface area contributed by atoms with Crippen molar-refractivity contribution >= 4 is 17.6 Å². The van der Waals surface area contributed by atoms with Gasteiger partial charge in [-0.25, -0.2) is 9.78 Å². The Balaban J connectivity index is 1.47. The topological polar surface area (TPSA) is 87.5 Å². The van der Waals surface area contributed by atoms with Gasteiger partial charge in [0.25, 0.3) is 0 Å². The SMILES string of the molecule is O=C(NCCc1cnco1)NC1CCN(c2ccccc2)C1=O. The van der Waals surface area contributed by atoms with Gasteiger partial charge in [0, 0.05) is 25.2 Å². The predicted octanol–water partition coefficient (Wildman–Crippen LogP) is 1.32. The molecule has 1 aromatic heterocycles. The van der Waals surface area contributed by atoms with E-state index in [-0.39, 0.29) is 11.9 Å². The summed E-state index contributed by atoms with van der Waals surface area (Å²) in [4.78, 5) is 29.7. The molecule has 120 valence electrons. The van der Waals surface area contributed by atoms with Gasteiger partial charge in [-0.1, -0.05) is 18.2 Å². The summed E-state index contributed by atoms with van der Waals surface area (Å²) in [5, 5.41) is 5.44. The molecule has 1 aromatic carbocycles. The van der Waals surface area contributed by atoms with Crippen molar-refractivity contribution in [2.24, 2.45) is 0 Å². The van der Waals surface area contributed by atoms with E-state index in [2.05, 4.69) is 15.6 Å². The number of carbonyl (C=O) groups is 2. The third-order valence-corrected chi connectivity index (χ3v) is 3.72. The van der Waals surface area contributed by atoms with E-state index in [1.807, 2.05) is 30.3 Å². The second kappa shape index (κ2) is 6.95. The summed E-state index contributed by atoms with van der Waals surface area (Å²) in [5.74, 6) is 0.624. The molecule has 1 unspecified atom stereocenters. The number of anilines is 1. The van der Waals surface area contributed by atoms with Crippen LogP contribution >= 0.6 is 0 Å². The highest BCUT2D eigenvalue weighted by molar-refractivity contribution is 6.01. The fraction of sp³-hybridized carbons (Fsp3) is 0.312. The Kier molecular flexibility index (Phi) is 4.56. The monoisotopic (exact) mass is 314 g/mol. The average molecular weight is 314 g/mol. The first kappa shape index (κ1) is 15.1. The number of carbonyl (C=O) groups excluding carboxylic acids is 2. The van der Waals surface area contributed by atoms with E-state index in [1.54, 1.807) is 11.1 Å². The number of urea groups is 1. The van der Waals surface area contributed by atoms with Gasteiger partial charge in [0.2, 0.25) is 5.91 Å². The highest BCUT2D eigenvalue weighted by Crippen LogP contribution is 2.20. The van der Waals surface area contributed by atoms with E-state index in [1.165, 1.54) is 6.39 Å². The summed E-state index contributed by atoms with van der Waals surface area (Å²) < 4.78 is 5.09. The van der Waals surface area contributed by atoms with Crippen LogP contribution in [-0.4, -0.2) is 36.1 Å². The molecule has 1 aliphatic heterocycles. The third-order valence-electron chi connectivity index (χ3n) is 3.72. The van der Waals surface area contributed by atoms with E-state index in [0.717, 1.165) is 5.69 Å². The quantitative estimate of drug-likeness (QED) is 0.871. The molecule has 23 heavy (non-hydrogen) atoms. The smallest absolute Gasteiger partial charge is 0.315 e. The Bertz CT molecular complexity index is 657. The van der Waals surface area contributed by atoms with Gasteiger partial charge in [-0.05, 0) is 18.6 Å². The van der Waals surface area contributed by atoms with E-state index in [9.17, 15) is 9.59 Å². The lowest BCUT2D eigenvalue weighted by Crippen LogP contribution is -2.46. The minimum Gasteiger partial charge on any atom is -0.448 e. The minimum absolute atomic E-state index is 0.0819. The van der Waals surface area contributed by atoms with E-state index < -0.39 is 6.04 Å². The molecule has 0 radical (unpaired) electrons. The van der Waals surface area contributed by atoms with Gasteiger partial charge in [-0.3, -0.25) is 4.79 Å². The molecule has 1 fully saturated rings. The fourth-order valence-corrected chi connectivity index (χ4v) is 2.55. The number of benzene rings is 1. The summed E-state index contributed by atoms with van der Waals surface area (Å²) in [5.41, 5.74) is 0.854. The Hall–Kier alpha value is -2.83. The number of aromatic nitrogens is 1. The zero-order chi connectivity index (χ0) is 16.1. The summed E-state index contributed by atoms with van der Waals surface area (Å²) in [7, 11) is 0. The highest BCUT2D eigenvalue weighted by Gasteiger charge is 2.33. The van der Waals surface area contributed by atoms with Crippen molar-refractivity contribution in [1.82, 2.24) is 15.6 Å². The molecule has 1 saturated heterocycles. The lowest BCUT2D eigenvalue weighted by atomic mass is 10.2. The van der Waals surface area contributed by atoms with Gasteiger partial charge in [0.05, 0.1) is 6.20 Å². The molecule has 0 saturated carbocycles. The summed E-state index contributed by atoms with van der Waals surface area (Å²) in [6, 6.07) is 8.62. The molecule has 0 bridgehead atoms. The van der Waals surface area contributed by atoms with Crippen LogP contribution in [0.15, 0.2) is 47.3 Å². The number of hydrogen-bond donors (Lipinski definition) is 2. The normalized spacial score (nSPS) is 17.3. The maximum Gasteiger partial charge on any atom is 0.315 e. The summed E-state index contributed by atoms with van der Waals surface area (Å²) >= 11 is 0. The van der Waals surface area contributed by atoms with Gasteiger partial charge in [0.15, 0.2) is 6.39 Å². The van der Waals surface area contributed by atoms with Crippen LogP contribution < -0.4 is 15.5 Å². The lowest BCUT2D eigenvalue weighted by molar-refractivity contribution is -0.118. The molecule has 2 heterocycles. The van der Waals surface area contributed by atoms with Crippen molar-refractivity contribution in [1.29, 1.82) is 0 Å². The molecule has 3 amide bonds. The van der Waals surface area contributed by atoms with Crippen LogP contribution in [0.4, 0.5) is 10.5 Å². The summed E-state index contributed by atoms with van der Waals surface area (Å²) in [6.45, 7) is 1.02. The molecule has 7 heteroatoms. The van der Waals surface area contributed by atoms with Crippen LogP contribution in [0.3, 0.4) is 0 Å². The van der Waals surface area contributed by atoms with Crippen molar-refractivity contribution in [3.8, 4) is 0 Å². The van der Waals surface area contributed by atoms with Crippen LogP contribution in [0.5, 0.6) is 0 Å². The van der Waals surface area contributed by atoms with Crippen LogP contribution in [0, 0.1) is 0 Å². The second-order valence-electron chi connectivity index (χ2n) is 5.28. The Morgan fingerprint density at radius 2 is 2.17 bits per heavy atom. The lowest BCUT2D eigenvalue weighted by Gasteiger charge is -2.17. The van der Waals surface area contributed by atoms with Crippen molar-refractivity contribution in [2.75, 3.05) is 18.0 Å². The van der Waals surface area contributed by atoms with Gasteiger partial charge >= 0.3 is 6.03 Å². The predicted molar refractivity (Wildman–Crippen MR) is 83.9 cm³/mol. The first-order valence-electron chi connectivity index (χ1n) is 7.52. The number of oxazole rings is 1. The Morgan fingerprint density at radius 1 is 1.35 bits per heavy atom. The van der Waals surface area contributed by atoms with E-state index in [0.29, 0.717) is 31.7 Å². The minimum atomic E-state index is -0.486. The molecule has 1 aliphatic rings. The van der Waals surface area contributed by atoms with Gasteiger partial charge in [0.1, 0.15) is 11.8 Å². The van der Waals surface area contributed by atoms with Crippen LogP contribution in [0.25, 0.3) is 0 Å². The van der Waals surface area contributed by atoms with Gasteiger partial charge in [-0.2, -0.15) is 0 Å². The van der Waals surface area contributed by atoms with Crippen LogP contribution in [-0.2, 0) is 11.2 Å². The molecule has 1 atom stereocenters. The number of para-hydroxylation sites is 1. The Morgan fingerprint density at radius 3 is 2.91 bits per heavy atom. The number of nitrogens with one attached hydrogen (secondary N) is 2. The van der Waals surface area contributed by atoms with Crippen molar-refractivity contribution < 1.29 is 14.0 Å². The third kappa shape index (κ3) is 3.68. The molecular formula is C16H18N4O3. The van der Waals surface area contributed by atoms with Crippen LogP contribution in [0.2, 0.25) is 0 Å². The van der Waals surface area contributed by atoms with Crippen LogP contribution in [0.1, 0.15) is 12.2 Å². The maximum atomic E-state index is 12.4. The maximum absolute atomic E-state index is 12.4. The van der Waals surface area contributed by atoms with Gasteiger partial charge in [-0.15, -0.1) is 0 Å². The van der Waals surface area contributed by atoms with Gasteiger partial charge < -0.3 is 20.0 Å². The first-order valence-corrected chi connectivity index (χ1v) is 7.52. The molecule has 2 aromatic rings. The van der Waals surface area contributed by atoms with E-state index >= 15 is 0 Å². The Labute approximate surface area is 133 Å². The highest BCUT2D eigenvalue weighted by atomic mass is 16.3.